The molecule has 3 heterocycles. The second-order valence-electron chi connectivity index (χ2n) is 6.61. The van der Waals surface area contributed by atoms with E-state index >= 15 is 0 Å². The molecule has 1 aliphatic heterocycles. The second-order valence-corrected chi connectivity index (χ2v) is 7.55. The fraction of sp³-hybridized carbons (Fsp3) is 0.350. The first-order valence-electron chi connectivity index (χ1n) is 9.22. The summed E-state index contributed by atoms with van der Waals surface area (Å²) in [4.78, 5) is 14.4. The predicted molar refractivity (Wildman–Crippen MR) is 107 cm³/mol. The zero-order chi connectivity index (χ0) is 19.5. The fourth-order valence-electron chi connectivity index (χ4n) is 3.30. The topological polar surface area (TPSA) is 73.4 Å². The Labute approximate surface area is 167 Å². The van der Waals surface area contributed by atoms with E-state index in [0.717, 1.165) is 48.7 Å². The number of ether oxygens (including phenoxy) is 1. The summed E-state index contributed by atoms with van der Waals surface area (Å²) >= 11 is 1.41. The first-order valence-corrected chi connectivity index (χ1v) is 10.2. The molecule has 146 valence electrons. The van der Waals surface area contributed by atoms with Crippen molar-refractivity contribution in [2.24, 2.45) is 0 Å². The third kappa shape index (κ3) is 3.64. The van der Waals surface area contributed by atoms with Gasteiger partial charge in [-0.05, 0) is 50.1 Å². The molecule has 0 radical (unpaired) electrons. The molecule has 0 spiro atoms. The minimum Gasteiger partial charge on any atom is -0.497 e. The molecule has 0 atom stereocenters. The van der Waals surface area contributed by atoms with E-state index in [-0.39, 0.29) is 5.91 Å². The molecule has 1 saturated heterocycles. The number of hydrogen-bond donors (Lipinski definition) is 0. The number of benzene rings is 1. The number of hydrogen-bond acceptors (Lipinski definition) is 6. The Morgan fingerprint density at radius 1 is 1.18 bits per heavy atom. The standard InChI is InChI=1S/C20H22N4O3S/c1-14-17(9-12-27-14)19-21-22-20(28-13-18(25)23-10-3-4-11-23)24(19)15-5-7-16(26-2)8-6-15/h5-9,12H,3-4,10-11,13H2,1-2H3. The van der Waals surface area contributed by atoms with Crippen LogP contribution in [-0.4, -0.2) is 51.5 Å². The number of thioether (sulfide) groups is 1. The molecule has 0 bridgehead atoms. The summed E-state index contributed by atoms with van der Waals surface area (Å²) in [5.41, 5.74) is 1.78. The van der Waals surface area contributed by atoms with Gasteiger partial charge in [0.25, 0.3) is 0 Å². The van der Waals surface area contributed by atoms with E-state index in [1.807, 2.05) is 46.7 Å². The minimum absolute atomic E-state index is 0.146. The smallest absolute Gasteiger partial charge is 0.233 e. The maximum Gasteiger partial charge on any atom is 0.233 e. The third-order valence-corrected chi connectivity index (χ3v) is 5.76. The number of furan rings is 1. The highest BCUT2D eigenvalue weighted by Crippen LogP contribution is 2.31. The van der Waals surface area contributed by atoms with Crippen LogP contribution in [0.3, 0.4) is 0 Å². The Kier molecular flexibility index (Phi) is 5.38. The quantitative estimate of drug-likeness (QED) is 0.591. The van der Waals surface area contributed by atoms with Gasteiger partial charge in [0.05, 0.1) is 30.4 Å². The van der Waals surface area contributed by atoms with Crippen molar-refractivity contribution in [2.45, 2.75) is 24.9 Å². The van der Waals surface area contributed by atoms with Crippen molar-refractivity contribution in [3.8, 4) is 22.8 Å². The summed E-state index contributed by atoms with van der Waals surface area (Å²) in [6, 6.07) is 9.57. The molecule has 1 aromatic carbocycles. The Morgan fingerprint density at radius 2 is 1.93 bits per heavy atom. The largest absolute Gasteiger partial charge is 0.497 e. The van der Waals surface area contributed by atoms with E-state index in [0.29, 0.717) is 16.7 Å². The summed E-state index contributed by atoms with van der Waals surface area (Å²) in [6.45, 7) is 3.60. The van der Waals surface area contributed by atoms with Gasteiger partial charge in [-0.1, -0.05) is 11.8 Å². The van der Waals surface area contributed by atoms with Crippen LogP contribution in [0.4, 0.5) is 0 Å². The van der Waals surface area contributed by atoms with Gasteiger partial charge in [-0.2, -0.15) is 0 Å². The summed E-state index contributed by atoms with van der Waals surface area (Å²) < 4.78 is 12.7. The molecule has 28 heavy (non-hydrogen) atoms. The number of nitrogens with zero attached hydrogens (tertiary/aromatic N) is 4. The predicted octanol–water partition coefficient (Wildman–Crippen LogP) is 3.56. The number of rotatable bonds is 6. The van der Waals surface area contributed by atoms with Crippen molar-refractivity contribution in [1.82, 2.24) is 19.7 Å². The van der Waals surface area contributed by atoms with Crippen LogP contribution < -0.4 is 4.74 Å². The zero-order valence-electron chi connectivity index (χ0n) is 15.9. The van der Waals surface area contributed by atoms with Gasteiger partial charge in [-0.25, -0.2) is 0 Å². The number of aryl methyl sites for hydroxylation is 1. The van der Waals surface area contributed by atoms with Gasteiger partial charge in [0.2, 0.25) is 5.91 Å². The Hall–Kier alpha value is -2.74. The van der Waals surface area contributed by atoms with Gasteiger partial charge in [0, 0.05) is 13.1 Å². The average Bonchev–Trinajstić information content (AvgIpc) is 3.47. The molecular formula is C20H22N4O3S. The number of carbonyl (C=O) groups excluding carboxylic acids is 1. The van der Waals surface area contributed by atoms with Crippen LogP contribution in [0.2, 0.25) is 0 Å². The minimum atomic E-state index is 0.146. The number of amides is 1. The van der Waals surface area contributed by atoms with Crippen LogP contribution in [0.15, 0.2) is 46.2 Å². The second kappa shape index (κ2) is 8.10. The summed E-state index contributed by atoms with van der Waals surface area (Å²) in [5, 5.41) is 9.43. The highest BCUT2D eigenvalue weighted by molar-refractivity contribution is 7.99. The number of likely N-dealkylation sites (tertiary alicyclic amines) is 1. The van der Waals surface area contributed by atoms with Crippen LogP contribution in [0.25, 0.3) is 17.1 Å². The maximum absolute atomic E-state index is 12.5. The molecule has 0 unspecified atom stereocenters. The summed E-state index contributed by atoms with van der Waals surface area (Å²) in [5.74, 6) is 2.72. The van der Waals surface area contributed by atoms with Crippen molar-refractivity contribution in [2.75, 3.05) is 26.0 Å². The van der Waals surface area contributed by atoms with Gasteiger partial charge in [-0.15, -0.1) is 10.2 Å². The van der Waals surface area contributed by atoms with Crippen LogP contribution in [0.5, 0.6) is 5.75 Å². The van der Waals surface area contributed by atoms with Crippen molar-refractivity contribution in [1.29, 1.82) is 0 Å². The molecule has 1 amide bonds. The molecular weight excluding hydrogens is 376 g/mol. The van der Waals surface area contributed by atoms with Gasteiger partial charge in [0.1, 0.15) is 11.5 Å². The molecule has 8 heteroatoms. The van der Waals surface area contributed by atoms with Crippen LogP contribution >= 0.6 is 11.8 Å². The molecule has 0 N–H and O–H groups in total. The summed E-state index contributed by atoms with van der Waals surface area (Å²) in [6.07, 6.45) is 3.81. The lowest BCUT2D eigenvalue weighted by Crippen LogP contribution is -2.29. The van der Waals surface area contributed by atoms with Crippen LogP contribution in [-0.2, 0) is 4.79 Å². The Morgan fingerprint density at radius 3 is 2.57 bits per heavy atom. The maximum atomic E-state index is 12.5. The van der Waals surface area contributed by atoms with Crippen molar-refractivity contribution in [3.05, 3.63) is 42.4 Å². The van der Waals surface area contributed by atoms with Crippen LogP contribution in [0.1, 0.15) is 18.6 Å². The van der Waals surface area contributed by atoms with E-state index in [2.05, 4.69) is 10.2 Å². The average molecular weight is 398 g/mol. The highest BCUT2D eigenvalue weighted by Gasteiger charge is 2.22. The van der Waals surface area contributed by atoms with Gasteiger partial charge in [0.15, 0.2) is 11.0 Å². The van der Waals surface area contributed by atoms with Gasteiger partial charge in [-0.3, -0.25) is 9.36 Å². The van der Waals surface area contributed by atoms with Crippen molar-refractivity contribution >= 4 is 17.7 Å². The van der Waals surface area contributed by atoms with Gasteiger partial charge >= 0.3 is 0 Å². The lowest BCUT2D eigenvalue weighted by molar-refractivity contribution is -0.127. The molecule has 0 saturated carbocycles. The SMILES string of the molecule is COc1ccc(-n2c(SCC(=O)N3CCCC3)nnc2-c2ccoc2C)cc1. The normalized spacial score (nSPS) is 13.9. The fourth-order valence-corrected chi connectivity index (χ4v) is 4.16. The molecule has 7 nitrogen and oxygen atoms in total. The van der Waals surface area contributed by atoms with E-state index in [1.54, 1.807) is 13.4 Å². The lowest BCUT2D eigenvalue weighted by atomic mass is 10.2. The number of methoxy groups -OCH3 is 1. The Bertz CT molecular complexity index is 958. The molecule has 1 aliphatic rings. The van der Waals surface area contributed by atoms with E-state index in [4.69, 9.17) is 9.15 Å². The molecule has 3 aromatic rings. The van der Waals surface area contributed by atoms with E-state index in [9.17, 15) is 4.79 Å². The molecule has 0 aliphatic carbocycles. The van der Waals surface area contributed by atoms with Crippen molar-refractivity contribution < 1.29 is 13.9 Å². The summed E-state index contributed by atoms with van der Waals surface area (Å²) in [7, 11) is 1.64. The molecule has 1 fully saturated rings. The van der Waals surface area contributed by atoms with Crippen molar-refractivity contribution in [3.63, 3.8) is 0 Å². The number of carbonyl (C=O) groups is 1. The molecule has 2 aromatic heterocycles. The first-order chi connectivity index (χ1) is 13.7. The third-order valence-electron chi connectivity index (χ3n) is 4.85. The monoisotopic (exact) mass is 398 g/mol. The van der Waals surface area contributed by atoms with Gasteiger partial charge < -0.3 is 14.1 Å². The highest BCUT2D eigenvalue weighted by atomic mass is 32.2. The Balaban J connectivity index is 1.66. The zero-order valence-corrected chi connectivity index (χ0v) is 16.7. The first kappa shape index (κ1) is 18.6. The lowest BCUT2D eigenvalue weighted by Gasteiger charge is -2.15. The molecule has 4 rings (SSSR count). The number of aromatic nitrogens is 3. The van der Waals surface area contributed by atoms with Crippen LogP contribution in [0, 0.1) is 6.92 Å². The van der Waals surface area contributed by atoms with E-state index < -0.39 is 0 Å². The van der Waals surface area contributed by atoms with E-state index in [1.165, 1.54) is 11.8 Å².